The van der Waals surface area contributed by atoms with Gasteiger partial charge in [0.1, 0.15) is 0 Å². The fraction of sp³-hybridized carbons (Fsp3) is 0.316. The molecule has 1 saturated carbocycles. The summed E-state index contributed by atoms with van der Waals surface area (Å²) in [6.45, 7) is 4.22. The van der Waals surface area contributed by atoms with Crippen molar-refractivity contribution in [2.24, 2.45) is 5.92 Å². The monoisotopic (exact) mass is 294 g/mol. The molecule has 0 atom stereocenters. The number of hydrogen-bond acceptors (Lipinski definition) is 2. The van der Waals surface area contributed by atoms with Gasteiger partial charge in [-0.2, -0.15) is 0 Å². The van der Waals surface area contributed by atoms with E-state index in [9.17, 15) is 4.79 Å². The van der Waals surface area contributed by atoms with E-state index < -0.39 is 0 Å². The van der Waals surface area contributed by atoms with Crippen LogP contribution in [0.4, 0.5) is 17.1 Å². The molecular formula is C19H22N2O. The van der Waals surface area contributed by atoms with Gasteiger partial charge < -0.3 is 10.6 Å². The Balaban J connectivity index is 1.63. The number of benzene rings is 2. The summed E-state index contributed by atoms with van der Waals surface area (Å²) in [7, 11) is 0. The van der Waals surface area contributed by atoms with Crippen LogP contribution in [-0.2, 0) is 4.79 Å². The average molecular weight is 294 g/mol. The highest BCUT2D eigenvalue weighted by atomic mass is 16.1. The van der Waals surface area contributed by atoms with Crippen LogP contribution in [0.5, 0.6) is 0 Å². The van der Waals surface area contributed by atoms with E-state index in [1.54, 1.807) is 0 Å². The molecule has 3 rings (SSSR count). The van der Waals surface area contributed by atoms with Crippen LogP contribution < -0.4 is 10.6 Å². The minimum absolute atomic E-state index is 0.154. The number of anilines is 3. The first-order valence-electron chi connectivity index (χ1n) is 7.87. The fourth-order valence-electron chi connectivity index (χ4n) is 2.54. The van der Waals surface area contributed by atoms with Crippen molar-refractivity contribution in [1.82, 2.24) is 0 Å². The quantitative estimate of drug-likeness (QED) is 0.851. The lowest BCUT2D eigenvalue weighted by Gasteiger charge is -2.24. The Morgan fingerprint density at radius 3 is 2.14 bits per heavy atom. The van der Waals surface area contributed by atoms with Gasteiger partial charge >= 0.3 is 0 Å². The number of rotatable bonds is 4. The standard InChI is InChI=1S/C19H22N2O/c1-13-6-7-18(12-14(13)2)20-16-8-10-17(11-9-16)21-19(22)15-4-3-5-15/h6-12,15,20H,3-5H2,1-2H3,(H,21,22). The number of carbonyl (C=O) groups excluding carboxylic acids is 1. The third-order valence-electron chi connectivity index (χ3n) is 4.42. The molecule has 22 heavy (non-hydrogen) atoms. The molecule has 0 unspecified atom stereocenters. The Morgan fingerprint density at radius 1 is 0.909 bits per heavy atom. The summed E-state index contributed by atoms with van der Waals surface area (Å²) in [5.74, 6) is 0.370. The van der Waals surface area contributed by atoms with Crippen molar-refractivity contribution in [3.63, 3.8) is 0 Å². The van der Waals surface area contributed by atoms with Crippen LogP contribution in [0.1, 0.15) is 30.4 Å². The first kappa shape index (κ1) is 14.6. The van der Waals surface area contributed by atoms with Crippen LogP contribution in [0, 0.1) is 19.8 Å². The van der Waals surface area contributed by atoms with Crippen molar-refractivity contribution in [1.29, 1.82) is 0 Å². The molecule has 1 aliphatic rings. The lowest BCUT2D eigenvalue weighted by molar-refractivity contribution is -0.122. The summed E-state index contributed by atoms with van der Waals surface area (Å²) in [6.07, 6.45) is 3.23. The molecule has 0 bridgehead atoms. The predicted octanol–water partition coefficient (Wildman–Crippen LogP) is 4.79. The fourth-order valence-corrected chi connectivity index (χ4v) is 2.54. The van der Waals surface area contributed by atoms with Crippen LogP contribution in [0.25, 0.3) is 0 Å². The molecular weight excluding hydrogens is 272 g/mol. The van der Waals surface area contributed by atoms with E-state index in [1.807, 2.05) is 24.3 Å². The van der Waals surface area contributed by atoms with E-state index in [0.29, 0.717) is 0 Å². The Hall–Kier alpha value is -2.29. The number of hydrogen-bond donors (Lipinski definition) is 2. The highest BCUT2D eigenvalue weighted by molar-refractivity contribution is 5.93. The van der Waals surface area contributed by atoms with Gasteiger partial charge in [-0.05, 0) is 74.2 Å². The highest BCUT2D eigenvalue weighted by Crippen LogP contribution is 2.28. The summed E-state index contributed by atoms with van der Waals surface area (Å²) in [6, 6.07) is 14.2. The van der Waals surface area contributed by atoms with Crippen LogP contribution >= 0.6 is 0 Å². The summed E-state index contributed by atoms with van der Waals surface area (Å²) in [5.41, 5.74) is 5.52. The number of nitrogens with one attached hydrogen (secondary N) is 2. The Bertz CT molecular complexity index is 672. The number of aryl methyl sites for hydroxylation is 2. The molecule has 0 spiro atoms. The molecule has 0 radical (unpaired) electrons. The van der Waals surface area contributed by atoms with Gasteiger partial charge in [-0.15, -0.1) is 0 Å². The zero-order chi connectivity index (χ0) is 15.5. The van der Waals surface area contributed by atoms with E-state index in [2.05, 4.69) is 42.7 Å². The van der Waals surface area contributed by atoms with Crippen molar-refractivity contribution in [3.05, 3.63) is 53.6 Å². The molecule has 0 saturated heterocycles. The van der Waals surface area contributed by atoms with Crippen molar-refractivity contribution >= 4 is 23.0 Å². The van der Waals surface area contributed by atoms with E-state index in [0.717, 1.165) is 29.9 Å². The van der Waals surface area contributed by atoms with Crippen LogP contribution in [0.15, 0.2) is 42.5 Å². The largest absolute Gasteiger partial charge is 0.356 e. The van der Waals surface area contributed by atoms with Gasteiger partial charge in [-0.3, -0.25) is 4.79 Å². The van der Waals surface area contributed by atoms with Gasteiger partial charge in [0, 0.05) is 23.0 Å². The van der Waals surface area contributed by atoms with Crippen molar-refractivity contribution in [3.8, 4) is 0 Å². The van der Waals surface area contributed by atoms with E-state index in [1.165, 1.54) is 17.5 Å². The molecule has 1 fully saturated rings. The van der Waals surface area contributed by atoms with Crippen molar-refractivity contribution in [2.75, 3.05) is 10.6 Å². The Kier molecular flexibility index (Phi) is 4.14. The van der Waals surface area contributed by atoms with Crippen LogP contribution in [0.3, 0.4) is 0 Å². The maximum absolute atomic E-state index is 11.9. The Morgan fingerprint density at radius 2 is 1.55 bits per heavy atom. The summed E-state index contributed by atoms with van der Waals surface area (Å²) in [5, 5.41) is 6.37. The van der Waals surface area contributed by atoms with E-state index in [4.69, 9.17) is 0 Å². The minimum atomic E-state index is 0.154. The predicted molar refractivity (Wildman–Crippen MR) is 91.6 cm³/mol. The van der Waals surface area contributed by atoms with Gasteiger partial charge in [0.15, 0.2) is 0 Å². The number of amides is 1. The topological polar surface area (TPSA) is 41.1 Å². The highest BCUT2D eigenvalue weighted by Gasteiger charge is 2.24. The minimum Gasteiger partial charge on any atom is -0.356 e. The van der Waals surface area contributed by atoms with Gasteiger partial charge in [-0.25, -0.2) is 0 Å². The third kappa shape index (κ3) is 3.30. The van der Waals surface area contributed by atoms with E-state index in [-0.39, 0.29) is 11.8 Å². The van der Waals surface area contributed by atoms with Gasteiger partial charge in [0.05, 0.1) is 0 Å². The SMILES string of the molecule is Cc1ccc(Nc2ccc(NC(=O)C3CCC3)cc2)cc1C. The molecule has 2 aromatic rings. The number of carbonyl (C=O) groups is 1. The zero-order valence-electron chi connectivity index (χ0n) is 13.1. The molecule has 114 valence electrons. The molecule has 2 N–H and O–H groups in total. The molecule has 0 aliphatic heterocycles. The molecule has 3 heteroatoms. The second-order valence-corrected chi connectivity index (χ2v) is 6.12. The van der Waals surface area contributed by atoms with Crippen molar-refractivity contribution < 1.29 is 4.79 Å². The first-order valence-corrected chi connectivity index (χ1v) is 7.87. The molecule has 1 aliphatic carbocycles. The van der Waals surface area contributed by atoms with Gasteiger partial charge in [0.2, 0.25) is 5.91 Å². The second kappa shape index (κ2) is 6.22. The summed E-state index contributed by atoms with van der Waals surface area (Å²) < 4.78 is 0. The molecule has 0 heterocycles. The lowest BCUT2D eigenvalue weighted by atomic mass is 9.85. The smallest absolute Gasteiger partial charge is 0.227 e. The third-order valence-corrected chi connectivity index (χ3v) is 4.42. The average Bonchev–Trinajstić information content (AvgIpc) is 2.43. The molecule has 1 amide bonds. The van der Waals surface area contributed by atoms with Crippen LogP contribution in [-0.4, -0.2) is 5.91 Å². The van der Waals surface area contributed by atoms with Crippen molar-refractivity contribution in [2.45, 2.75) is 33.1 Å². The Labute approximate surface area is 131 Å². The van der Waals surface area contributed by atoms with E-state index >= 15 is 0 Å². The summed E-state index contributed by atoms with van der Waals surface area (Å²) >= 11 is 0. The maximum atomic E-state index is 11.9. The second-order valence-electron chi connectivity index (χ2n) is 6.12. The van der Waals surface area contributed by atoms with Gasteiger partial charge in [-0.1, -0.05) is 12.5 Å². The van der Waals surface area contributed by atoms with Crippen LogP contribution in [0.2, 0.25) is 0 Å². The molecule has 3 nitrogen and oxygen atoms in total. The first-order chi connectivity index (χ1) is 10.6. The van der Waals surface area contributed by atoms with Gasteiger partial charge in [0.25, 0.3) is 0 Å². The zero-order valence-corrected chi connectivity index (χ0v) is 13.1. The molecule has 0 aromatic heterocycles. The molecule has 2 aromatic carbocycles. The normalized spacial score (nSPS) is 14.3. The maximum Gasteiger partial charge on any atom is 0.227 e. The summed E-state index contributed by atoms with van der Waals surface area (Å²) in [4.78, 5) is 11.9. The lowest BCUT2D eigenvalue weighted by Crippen LogP contribution is -2.27.